The van der Waals surface area contributed by atoms with Crippen LogP contribution in [0.5, 0.6) is 0 Å². The Labute approximate surface area is 97.0 Å². The van der Waals surface area contributed by atoms with Gasteiger partial charge in [0.25, 0.3) is 0 Å². The van der Waals surface area contributed by atoms with Gasteiger partial charge in [0.15, 0.2) is 0 Å². The zero-order chi connectivity index (χ0) is 10.8. The third-order valence-corrected chi connectivity index (χ3v) is 2.27. The molecule has 2 rings (SSSR count). The van der Waals surface area contributed by atoms with E-state index in [1.54, 1.807) is 19.1 Å². The molecule has 2 aromatic rings. The smallest absolute Gasteiger partial charge is 0.247 e. The molecule has 1 heterocycles. The molecule has 1 aromatic carbocycles. The van der Waals surface area contributed by atoms with Crippen LogP contribution in [0.25, 0.3) is 11.5 Å². The molecular weight excluding hydrogens is 235 g/mol. The Morgan fingerprint density at radius 2 is 2.13 bits per heavy atom. The summed E-state index contributed by atoms with van der Waals surface area (Å²) in [6.07, 6.45) is 0. The van der Waals surface area contributed by atoms with Crippen LogP contribution in [0, 0.1) is 0 Å². The first-order valence-corrected chi connectivity index (χ1v) is 5.21. The van der Waals surface area contributed by atoms with Gasteiger partial charge in [-0.2, -0.15) is 0 Å². The van der Waals surface area contributed by atoms with Crippen molar-refractivity contribution >= 4 is 23.2 Å². The van der Waals surface area contributed by atoms with E-state index in [-0.39, 0.29) is 5.38 Å². The lowest BCUT2D eigenvalue weighted by atomic mass is 10.2. The molecule has 0 N–H and O–H groups in total. The predicted octanol–water partition coefficient (Wildman–Crippen LogP) is 3.69. The molecule has 1 aromatic heterocycles. The fourth-order valence-electron chi connectivity index (χ4n) is 1.13. The van der Waals surface area contributed by atoms with Gasteiger partial charge in [0.05, 0.1) is 0 Å². The fraction of sp³-hybridized carbons (Fsp3) is 0.200. The monoisotopic (exact) mass is 242 g/mol. The van der Waals surface area contributed by atoms with Crippen LogP contribution < -0.4 is 0 Å². The normalized spacial score (nSPS) is 12.7. The third kappa shape index (κ3) is 2.30. The molecule has 78 valence electrons. The Balaban J connectivity index is 2.37. The first kappa shape index (κ1) is 10.5. The van der Waals surface area contributed by atoms with Gasteiger partial charge in [-0.15, -0.1) is 21.8 Å². The van der Waals surface area contributed by atoms with Crippen molar-refractivity contribution in [3.63, 3.8) is 0 Å². The SMILES string of the molecule is C[C@@H](Cl)c1nnc(-c2cccc(Cl)c2)o1. The van der Waals surface area contributed by atoms with Gasteiger partial charge in [-0.25, -0.2) is 0 Å². The standard InChI is InChI=1S/C10H8Cl2N2O/c1-6(11)9-13-14-10(15-9)7-3-2-4-8(12)5-7/h2-6H,1H3/t6-/m1/s1. The summed E-state index contributed by atoms with van der Waals surface area (Å²) in [6.45, 7) is 1.77. The Hall–Kier alpha value is -1.06. The van der Waals surface area contributed by atoms with Gasteiger partial charge in [0, 0.05) is 10.6 Å². The van der Waals surface area contributed by atoms with E-state index in [4.69, 9.17) is 27.6 Å². The van der Waals surface area contributed by atoms with Crippen molar-refractivity contribution in [3.8, 4) is 11.5 Å². The van der Waals surface area contributed by atoms with Crippen LogP contribution in [0.15, 0.2) is 28.7 Å². The Morgan fingerprint density at radius 3 is 2.73 bits per heavy atom. The van der Waals surface area contributed by atoms with E-state index in [1.807, 2.05) is 12.1 Å². The van der Waals surface area contributed by atoms with Crippen LogP contribution in [-0.4, -0.2) is 10.2 Å². The van der Waals surface area contributed by atoms with Gasteiger partial charge < -0.3 is 4.42 Å². The molecule has 0 saturated carbocycles. The molecular formula is C10H8Cl2N2O. The Bertz CT molecular complexity index is 468. The zero-order valence-corrected chi connectivity index (χ0v) is 9.46. The average Bonchev–Trinajstić information content (AvgIpc) is 2.66. The number of hydrogen-bond donors (Lipinski definition) is 0. The summed E-state index contributed by atoms with van der Waals surface area (Å²) in [5.41, 5.74) is 0.790. The number of hydrogen-bond acceptors (Lipinski definition) is 3. The molecule has 0 saturated heterocycles. The van der Waals surface area contributed by atoms with Gasteiger partial charge in [-0.1, -0.05) is 17.7 Å². The van der Waals surface area contributed by atoms with E-state index < -0.39 is 0 Å². The predicted molar refractivity (Wildman–Crippen MR) is 59.0 cm³/mol. The lowest BCUT2D eigenvalue weighted by Gasteiger charge is -1.95. The van der Waals surface area contributed by atoms with Gasteiger partial charge >= 0.3 is 0 Å². The molecule has 0 spiro atoms. The molecule has 0 fully saturated rings. The highest BCUT2D eigenvalue weighted by Crippen LogP contribution is 2.24. The largest absolute Gasteiger partial charge is 0.419 e. The minimum atomic E-state index is -0.287. The number of nitrogens with zero attached hydrogens (tertiary/aromatic N) is 2. The Morgan fingerprint density at radius 1 is 1.33 bits per heavy atom. The van der Waals surface area contributed by atoms with Crippen molar-refractivity contribution < 1.29 is 4.42 Å². The minimum Gasteiger partial charge on any atom is -0.419 e. The number of alkyl halides is 1. The van der Waals surface area contributed by atoms with Crippen molar-refractivity contribution in [2.24, 2.45) is 0 Å². The summed E-state index contributed by atoms with van der Waals surface area (Å²) in [6, 6.07) is 7.22. The summed E-state index contributed by atoms with van der Waals surface area (Å²) in [4.78, 5) is 0. The van der Waals surface area contributed by atoms with Crippen LogP contribution in [0.2, 0.25) is 5.02 Å². The molecule has 0 bridgehead atoms. The zero-order valence-electron chi connectivity index (χ0n) is 7.95. The molecule has 0 radical (unpaired) electrons. The van der Waals surface area contributed by atoms with Crippen LogP contribution in [-0.2, 0) is 0 Å². The summed E-state index contributed by atoms with van der Waals surface area (Å²) in [7, 11) is 0. The number of halogens is 2. The van der Waals surface area contributed by atoms with Crippen molar-refractivity contribution in [1.29, 1.82) is 0 Å². The van der Waals surface area contributed by atoms with Crippen LogP contribution >= 0.6 is 23.2 Å². The lowest BCUT2D eigenvalue weighted by molar-refractivity contribution is 0.507. The van der Waals surface area contributed by atoms with Crippen LogP contribution in [0.3, 0.4) is 0 Å². The lowest BCUT2D eigenvalue weighted by Crippen LogP contribution is -1.81. The quantitative estimate of drug-likeness (QED) is 0.755. The van der Waals surface area contributed by atoms with Crippen LogP contribution in [0.1, 0.15) is 18.2 Å². The van der Waals surface area contributed by atoms with E-state index in [2.05, 4.69) is 10.2 Å². The first-order valence-electron chi connectivity index (χ1n) is 4.40. The minimum absolute atomic E-state index is 0.287. The summed E-state index contributed by atoms with van der Waals surface area (Å²) in [5, 5.41) is 8.06. The maximum absolute atomic E-state index is 5.85. The summed E-state index contributed by atoms with van der Waals surface area (Å²) < 4.78 is 5.37. The highest BCUT2D eigenvalue weighted by Gasteiger charge is 2.12. The van der Waals surface area contributed by atoms with Crippen molar-refractivity contribution in [1.82, 2.24) is 10.2 Å². The van der Waals surface area contributed by atoms with Gasteiger partial charge in [0.2, 0.25) is 11.8 Å². The number of rotatable bonds is 2. The van der Waals surface area contributed by atoms with Crippen LogP contribution in [0.4, 0.5) is 0 Å². The average molecular weight is 243 g/mol. The summed E-state index contributed by atoms with van der Waals surface area (Å²) >= 11 is 11.7. The molecule has 0 aliphatic carbocycles. The topological polar surface area (TPSA) is 38.9 Å². The highest BCUT2D eigenvalue weighted by molar-refractivity contribution is 6.30. The molecule has 0 amide bonds. The fourth-order valence-corrected chi connectivity index (χ4v) is 1.41. The molecule has 1 atom stereocenters. The van der Waals surface area contributed by atoms with Crippen molar-refractivity contribution in [2.45, 2.75) is 12.3 Å². The summed E-state index contributed by atoms with van der Waals surface area (Å²) in [5.74, 6) is 0.839. The second-order valence-corrected chi connectivity index (χ2v) is 4.16. The second kappa shape index (κ2) is 4.21. The third-order valence-electron chi connectivity index (χ3n) is 1.85. The molecule has 5 heteroatoms. The van der Waals surface area contributed by atoms with Crippen molar-refractivity contribution in [2.75, 3.05) is 0 Å². The molecule has 0 unspecified atom stereocenters. The Kier molecular flexibility index (Phi) is 2.93. The van der Waals surface area contributed by atoms with Gasteiger partial charge in [-0.05, 0) is 25.1 Å². The molecule has 0 aliphatic heterocycles. The second-order valence-electron chi connectivity index (χ2n) is 3.07. The number of aromatic nitrogens is 2. The number of benzene rings is 1. The maximum Gasteiger partial charge on any atom is 0.247 e. The first-order chi connectivity index (χ1) is 7.16. The van der Waals surface area contributed by atoms with E-state index in [0.717, 1.165) is 5.56 Å². The van der Waals surface area contributed by atoms with E-state index in [1.165, 1.54) is 0 Å². The van der Waals surface area contributed by atoms with E-state index >= 15 is 0 Å². The highest BCUT2D eigenvalue weighted by atomic mass is 35.5. The molecule has 15 heavy (non-hydrogen) atoms. The van der Waals surface area contributed by atoms with Crippen molar-refractivity contribution in [3.05, 3.63) is 35.2 Å². The molecule has 3 nitrogen and oxygen atoms in total. The van der Waals surface area contributed by atoms with E-state index in [0.29, 0.717) is 16.8 Å². The molecule has 0 aliphatic rings. The van der Waals surface area contributed by atoms with E-state index in [9.17, 15) is 0 Å². The van der Waals surface area contributed by atoms with Gasteiger partial charge in [0.1, 0.15) is 5.38 Å². The van der Waals surface area contributed by atoms with Gasteiger partial charge in [-0.3, -0.25) is 0 Å². The maximum atomic E-state index is 5.85.